The van der Waals surface area contributed by atoms with Crippen LogP contribution in [0.25, 0.3) is 0 Å². The molecule has 5 nitrogen and oxygen atoms in total. The van der Waals surface area contributed by atoms with Crippen molar-refractivity contribution in [1.29, 1.82) is 0 Å². The maximum atomic E-state index is 10.6. The quantitative estimate of drug-likeness (QED) is 0.892. The normalized spacial score (nSPS) is 10.1. The molecule has 0 amide bonds. The van der Waals surface area contributed by atoms with E-state index in [1.165, 1.54) is 12.4 Å². The summed E-state index contributed by atoms with van der Waals surface area (Å²) in [6, 6.07) is 9.05. The molecule has 1 heterocycles. The number of aromatic nitrogens is 2. The summed E-state index contributed by atoms with van der Waals surface area (Å²) in [7, 11) is 0. The summed E-state index contributed by atoms with van der Waals surface area (Å²) in [5.41, 5.74) is 1.49. The number of nitrogens with zero attached hydrogens (tertiary/aromatic N) is 2. The SMILES string of the molecule is Cc1cccc(Oc2cc(CC(=O)O)ncn2)c1. The number of aliphatic carboxylic acids is 1. The molecule has 1 aromatic heterocycles. The van der Waals surface area contributed by atoms with Crippen molar-refractivity contribution in [3.05, 3.63) is 47.9 Å². The molecule has 0 fully saturated rings. The molecule has 0 aliphatic rings. The molecule has 0 saturated carbocycles. The second-order valence-electron chi connectivity index (χ2n) is 3.84. The Morgan fingerprint density at radius 3 is 2.89 bits per heavy atom. The van der Waals surface area contributed by atoms with Crippen molar-refractivity contribution in [3.8, 4) is 11.6 Å². The minimum absolute atomic E-state index is 0.146. The molecule has 0 saturated heterocycles. The number of rotatable bonds is 4. The van der Waals surface area contributed by atoms with E-state index >= 15 is 0 Å². The van der Waals surface area contributed by atoms with E-state index in [2.05, 4.69) is 9.97 Å². The van der Waals surface area contributed by atoms with E-state index < -0.39 is 5.97 Å². The summed E-state index contributed by atoms with van der Waals surface area (Å²) in [5, 5.41) is 8.68. The first-order chi connectivity index (χ1) is 8.63. The van der Waals surface area contributed by atoms with E-state index in [0.717, 1.165) is 5.56 Å². The molecule has 0 bridgehead atoms. The molecule has 1 N–H and O–H groups in total. The summed E-state index contributed by atoms with van der Waals surface area (Å²) >= 11 is 0. The monoisotopic (exact) mass is 244 g/mol. The first kappa shape index (κ1) is 12.0. The Balaban J connectivity index is 2.16. The summed E-state index contributed by atoms with van der Waals surface area (Å²) in [6.07, 6.45) is 1.15. The fourth-order valence-corrected chi connectivity index (χ4v) is 1.48. The molecule has 2 rings (SSSR count). The van der Waals surface area contributed by atoms with E-state index in [4.69, 9.17) is 9.84 Å². The van der Waals surface area contributed by atoms with Crippen LogP contribution in [0.5, 0.6) is 11.6 Å². The molecule has 18 heavy (non-hydrogen) atoms. The lowest BCUT2D eigenvalue weighted by molar-refractivity contribution is -0.136. The molecular formula is C13H12N2O3. The highest BCUT2D eigenvalue weighted by Crippen LogP contribution is 2.20. The second-order valence-corrected chi connectivity index (χ2v) is 3.84. The first-order valence-corrected chi connectivity index (χ1v) is 5.41. The Labute approximate surface area is 104 Å². The van der Waals surface area contributed by atoms with Crippen LogP contribution in [0.3, 0.4) is 0 Å². The Hall–Kier alpha value is -2.43. The van der Waals surface area contributed by atoms with Gasteiger partial charge in [0.25, 0.3) is 0 Å². The van der Waals surface area contributed by atoms with Crippen molar-refractivity contribution in [3.63, 3.8) is 0 Å². The van der Waals surface area contributed by atoms with Crippen LogP contribution in [0.15, 0.2) is 36.7 Å². The molecular weight excluding hydrogens is 232 g/mol. The molecule has 0 spiro atoms. The van der Waals surface area contributed by atoms with Crippen LogP contribution in [-0.4, -0.2) is 21.0 Å². The van der Waals surface area contributed by atoms with E-state index in [-0.39, 0.29) is 6.42 Å². The largest absolute Gasteiger partial charge is 0.481 e. The van der Waals surface area contributed by atoms with Gasteiger partial charge in [0.05, 0.1) is 12.1 Å². The predicted molar refractivity (Wildman–Crippen MR) is 64.6 cm³/mol. The minimum atomic E-state index is -0.935. The number of ether oxygens (including phenoxy) is 1. The zero-order valence-electron chi connectivity index (χ0n) is 9.83. The zero-order valence-corrected chi connectivity index (χ0v) is 9.83. The summed E-state index contributed by atoms with van der Waals surface area (Å²) < 4.78 is 5.54. The van der Waals surface area contributed by atoms with Crippen LogP contribution in [0, 0.1) is 6.92 Å². The van der Waals surface area contributed by atoms with Gasteiger partial charge < -0.3 is 9.84 Å². The maximum Gasteiger partial charge on any atom is 0.309 e. The third-order valence-electron chi connectivity index (χ3n) is 2.24. The Bertz CT molecular complexity index is 570. The van der Waals surface area contributed by atoms with Gasteiger partial charge in [0.2, 0.25) is 5.88 Å². The number of carboxylic acid groups (broad SMARTS) is 1. The molecule has 92 valence electrons. The molecule has 1 aromatic carbocycles. The van der Waals surface area contributed by atoms with Gasteiger partial charge in [0, 0.05) is 6.07 Å². The van der Waals surface area contributed by atoms with Crippen molar-refractivity contribution < 1.29 is 14.6 Å². The number of hydrogen-bond donors (Lipinski definition) is 1. The van der Waals surface area contributed by atoms with Gasteiger partial charge in [-0.1, -0.05) is 12.1 Å². The lowest BCUT2D eigenvalue weighted by Gasteiger charge is -2.05. The molecule has 0 aliphatic heterocycles. The van der Waals surface area contributed by atoms with Crippen molar-refractivity contribution in [2.24, 2.45) is 0 Å². The number of aryl methyl sites for hydroxylation is 1. The van der Waals surface area contributed by atoms with Crippen LogP contribution in [0.1, 0.15) is 11.3 Å². The van der Waals surface area contributed by atoms with Crippen LogP contribution in [0.2, 0.25) is 0 Å². The van der Waals surface area contributed by atoms with Gasteiger partial charge in [-0.05, 0) is 24.6 Å². The number of carboxylic acids is 1. The molecule has 0 unspecified atom stereocenters. The van der Waals surface area contributed by atoms with Gasteiger partial charge in [-0.3, -0.25) is 4.79 Å². The Kier molecular flexibility index (Phi) is 3.52. The molecule has 5 heteroatoms. The van der Waals surface area contributed by atoms with E-state index in [1.54, 1.807) is 0 Å². The predicted octanol–water partition coefficient (Wildman–Crippen LogP) is 2.20. The van der Waals surface area contributed by atoms with E-state index in [9.17, 15) is 4.79 Å². The van der Waals surface area contributed by atoms with Gasteiger partial charge in [0.1, 0.15) is 12.1 Å². The maximum absolute atomic E-state index is 10.6. The van der Waals surface area contributed by atoms with Crippen molar-refractivity contribution >= 4 is 5.97 Å². The highest BCUT2D eigenvalue weighted by molar-refractivity contribution is 5.69. The van der Waals surface area contributed by atoms with Gasteiger partial charge in [-0.25, -0.2) is 9.97 Å². The van der Waals surface area contributed by atoms with E-state index in [0.29, 0.717) is 17.3 Å². The number of hydrogen-bond acceptors (Lipinski definition) is 4. The topological polar surface area (TPSA) is 72.3 Å². The standard InChI is InChI=1S/C13H12N2O3/c1-9-3-2-4-11(5-9)18-12-6-10(7-13(16)17)14-8-15-12/h2-6,8H,7H2,1H3,(H,16,17). The van der Waals surface area contributed by atoms with Gasteiger partial charge in [0.15, 0.2) is 0 Å². The van der Waals surface area contributed by atoms with Crippen LogP contribution in [0.4, 0.5) is 0 Å². The molecule has 0 radical (unpaired) electrons. The van der Waals surface area contributed by atoms with Crippen LogP contribution in [-0.2, 0) is 11.2 Å². The third-order valence-corrected chi connectivity index (χ3v) is 2.24. The van der Waals surface area contributed by atoms with Crippen LogP contribution >= 0.6 is 0 Å². The lowest BCUT2D eigenvalue weighted by Crippen LogP contribution is -2.03. The van der Waals surface area contributed by atoms with Crippen molar-refractivity contribution in [2.75, 3.05) is 0 Å². The zero-order chi connectivity index (χ0) is 13.0. The summed E-state index contributed by atoms with van der Waals surface area (Å²) in [5.74, 6) is 0.0667. The fraction of sp³-hybridized carbons (Fsp3) is 0.154. The molecule has 0 aliphatic carbocycles. The van der Waals surface area contributed by atoms with Gasteiger partial charge >= 0.3 is 5.97 Å². The summed E-state index contributed by atoms with van der Waals surface area (Å²) in [4.78, 5) is 18.4. The van der Waals surface area contributed by atoms with Gasteiger partial charge in [-0.15, -0.1) is 0 Å². The number of benzene rings is 1. The minimum Gasteiger partial charge on any atom is -0.481 e. The highest BCUT2D eigenvalue weighted by atomic mass is 16.5. The van der Waals surface area contributed by atoms with Crippen molar-refractivity contribution in [1.82, 2.24) is 9.97 Å². The number of carbonyl (C=O) groups is 1. The lowest BCUT2D eigenvalue weighted by atomic mass is 10.2. The fourth-order valence-electron chi connectivity index (χ4n) is 1.48. The molecule has 0 atom stereocenters. The van der Waals surface area contributed by atoms with Gasteiger partial charge in [-0.2, -0.15) is 0 Å². The average molecular weight is 244 g/mol. The second kappa shape index (κ2) is 5.27. The highest BCUT2D eigenvalue weighted by Gasteiger charge is 2.05. The Morgan fingerprint density at radius 2 is 2.17 bits per heavy atom. The molecule has 2 aromatic rings. The van der Waals surface area contributed by atoms with Crippen molar-refractivity contribution in [2.45, 2.75) is 13.3 Å². The smallest absolute Gasteiger partial charge is 0.309 e. The first-order valence-electron chi connectivity index (χ1n) is 5.41. The Morgan fingerprint density at radius 1 is 1.33 bits per heavy atom. The average Bonchev–Trinajstić information content (AvgIpc) is 2.28. The summed E-state index contributed by atoms with van der Waals surface area (Å²) in [6.45, 7) is 1.96. The van der Waals surface area contributed by atoms with E-state index in [1.807, 2.05) is 31.2 Å². The third kappa shape index (κ3) is 3.28. The van der Waals surface area contributed by atoms with Crippen LogP contribution < -0.4 is 4.74 Å².